The fraction of sp³-hybridized carbons (Fsp3) is 0.444. The molecule has 1 aliphatic rings. The summed E-state index contributed by atoms with van der Waals surface area (Å²) in [6, 6.07) is 5.19. The number of methoxy groups -OCH3 is 1. The fourth-order valence-corrected chi connectivity index (χ4v) is 5.89. The van der Waals surface area contributed by atoms with Gasteiger partial charge in [0.1, 0.15) is 17.0 Å². The minimum absolute atomic E-state index is 0.0276. The van der Waals surface area contributed by atoms with Crippen LogP contribution in [0.5, 0.6) is 0 Å². The molecule has 0 saturated heterocycles. The van der Waals surface area contributed by atoms with Crippen LogP contribution in [-0.2, 0) is 20.8 Å². The number of carbonyl (C=O) groups excluding carboxylic acids is 2. The SMILES string of the molecule is COC1CCC(C)c2cc(Nc3cc4cc(-c5cncc(N(C(=O)O)C(=O)OC(C)(C)C)c5C)c(F)c(NC(=O)OC(C)(C)C)c4cn3)nn2C1. The molecule has 5 rings (SSSR count). The number of hydrogen-bond acceptors (Lipinski definition) is 10. The maximum absolute atomic E-state index is 16.7. The summed E-state index contributed by atoms with van der Waals surface area (Å²) in [5, 5.41) is 21.3. The van der Waals surface area contributed by atoms with Gasteiger partial charge < -0.3 is 24.6 Å². The smallest absolute Gasteiger partial charge is 0.424 e. The minimum atomic E-state index is -1.61. The number of imide groups is 1. The van der Waals surface area contributed by atoms with E-state index in [4.69, 9.17) is 19.3 Å². The third-order valence-electron chi connectivity index (χ3n) is 8.28. The molecule has 0 saturated carbocycles. The zero-order valence-electron chi connectivity index (χ0n) is 30.3. The number of carbonyl (C=O) groups is 3. The predicted octanol–water partition coefficient (Wildman–Crippen LogP) is 8.36. The van der Waals surface area contributed by atoms with E-state index in [0.717, 1.165) is 18.5 Å². The Labute approximate surface area is 295 Å². The molecule has 4 aromatic rings. The number of nitrogens with one attached hydrogen (secondary N) is 2. The van der Waals surface area contributed by atoms with Gasteiger partial charge in [0, 0.05) is 47.8 Å². The van der Waals surface area contributed by atoms with Gasteiger partial charge in [-0.1, -0.05) is 6.92 Å². The van der Waals surface area contributed by atoms with Crippen molar-refractivity contribution in [3.8, 4) is 11.1 Å². The number of nitrogens with zero attached hydrogens (tertiary/aromatic N) is 5. The summed E-state index contributed by atoms with van der Waals surface area (Å²) >= 11 is 0. The zero-order valence-corrected chi connectivity index (χ0v) is 30.3. The van der Waals surface area contributed by atoms with E-state index in [1.54, 1.807) is 54.7 Å². The Balaban J connectivity index is 1.62. The number of pyridine rings is 2. The molecule has 51 heavy (non-hydrogen) atoms. The second kappa shape index (κ2) is 14.1. The Morgan fingerprint density at radius 1 is 0.980 bits per heavy atom. The molecular formula is C36H44FN7O7. The van der Waals surface area contributed by atoms with Crippen LogP contribution < -0.4 is 15.5 Å². The normalized spacial score (nSPS) is 16.2. The van der Waals surface area contributed by atoms with E-state index in [0.29, 0.717) is 28.5 Å². The van der Waals surface area contributed by atoms with Gasteiger partial charge in [0.15, 0.2) is 11.6 Å². The molecule has 1 aliphatic heterocycles. The molecule has 2 atom stereocenters. The van der Waals surface area contributed by atoms with Crippen molar-refractivity contribution < 1.29 is 38.1 Å². The number of carboxylic acid groups (broad SMARTS) is 1. The lowest BCUT2D eigenvalue weighted by Gasteiger charge is -2.25. The van der Waals surface area contributed by atoms with Gasteiger partial charge >= 0.3 is 18.3 Å². The van der Waals surface area contributed by atoms with Crippen molar-refractivity contribution in [3.05, 3.63) is 53.9 Å². The predicted molar refractivity (Wildman–Crippen MR) is 190 cm³/mol. The summed E-state index contributed by atoms with van der Waals surface area (Å²) in [5.74, 6) is 0.387. The molecule has 14 nitrogen and oxygen atoms in total. The van der Waals surface area contributed by atoms with E-state index in [1.165, 1.54) is 31.6 Å². The molecule has 4 heterocycles. The largest absolute Gasteiger partial charge is 0.464 e. The van der Waals surface area contributed by atoms with Gasteiger partial charge in [-0.2, -0.15) is 10.00 Å². The van der Waals surface area contributed by atoms with Crippen LogP contribution in [0.1, 0.15) is 78.5 Å². The van der Waals surface area contributed by atoms with Crippen LogP contribution in [0, 0.1) is 12.7 Å². The molecule has 15 heteroatoms. The Morgan fingerprint density at radius 3 is 2.33 bits per heavy atom. The summed E-state index contributed by atoms with van der Waals surface area (Å²) < 4.78 is 35.0. The van der Waals surface area contributed by atoms with E-state index in [1.807, 2.05) is 10.7 Å². The van der Waals surface area contributed by atoms with Crippen LogP contribution in [0.15, 0.2) is 36.8 Å². The van der Waals surface area contributed by atoms with Gasteiger partial charge in [-0.15, -0.1) is 0 Å². The molecule has 1 aromatic carbocycles. The van der Waals surface area contributed by atoms with E-state index in [9.17, 15) is 19.5 Å². The highest BCUT2D eigenvalue weighted by molar-refractivity contribution is 6.10. The van der Waals surface area contributed by atoms with Gasteiger partial charge in [0.25, 0.3) is 0 Å². The van der Waals surface area contributed by atoms with Crippen LogP contribution >= 0.6 is 0 Å². The molecule has 3 aromatic heterocycles. The second-order valence-corrected chi connectivity index (χ2v) is 14.6. The van der Waals surface area contributed by atoms with Gasteiger partial charge in [-0.05, 0) is 90.3 Å². The number of hydrogen-bond donors (Lipinski definition) is 3. The average molecular weight is 706 g/mol. The van der Waals surface area contributed by atoms with Crippen molar-refractivity contribution >= 4 is 52.1 Å². The Morgan fingerprint density at radius 2 is 1.69 bits per heavy atom. The fourth-order valence-electron chi connectivity index (χ4n) is 5.89. The van der Waals surface area contributed by atoms with Crippen molar-refractivity contribution in [3.63, 3.8) is 0 Å². The molecule has 3 N–H and O–H groups in total. The van der Waals surface area contributed by atoms with Crippen LogP contribution in [0.2, 0.25) is 0 Å². The first-order chi connectivity index (χ1) is 23.8. The standard InChI is InChI=1S/C36H44FN7O7/c1-19-10-11-22(49-9)18-43-26(19)14-29(42-43)40-28-13-21-12-23(30(37)31(25(21)16-39-28)41-32(45)50-35(3,4)5)24-15-38-17-27(20(24)2)44(33(46)47)34(48)51-36(6,7)8/h12-17,19,22H,10-11,18H2,1-9H3,(H,41,45)(H,46,47)(H,39,40,42). The summed E-state index contributed by atoms with van der Waals surface area (Å²) in [5.41, 5.74) is -0.779. The molecule has 0 radical (unpaired) electrons. The first-order valence-corrected chi connectivity index (χ1v) is 16.6. The maximum atomic E-state index is 16.7. The first kappa shape index (κ1) is 37.0. The first-order valence-electron chi connectivity index (χ1n) is 16.6. The van der Waals surface area contributed by atoms with Gasteiger partial charge in [0.05, 0.1) is 30.2 Å². The van der Waals surface area contributed by atoms with Gasteiger partial charge in [-0.25, -0.2) is 23.8 Å². The zero-order chi connectivity index (χ0) is 37.4. The van der Waals surface area contributed by atoms with E-state index in [2.05, 4.69) is 27.5 Å². The number of fused-ring (bicyclic) bond motifs is 2. The summed E-state index contributed by atoms with van der Waals surface area (Å²) in [4.78, 5) is 47.3. The van der Waals surface area contributed by atoms with Crippen LogP contribution in [0.4, 0.5) is 41.8 Å². The lowest BCUT2D eigenvalue weighted by molar-refractivity contribution is 0.0579. The number of halogens is 1. The summed E-state index contributed by atoms with van der Waals surface area (Å²) in [6.45, 7) is 14.2. The number of ether oxygens (including phenoxy) is 3. The number of benzene rings is 1. The lowest BCUT2D eigenvalue weighted by Crippen LogP contribution is -2.40. The molecular weight excluding hydrogens is 661 g/mol. The number of aromatic nitrogens is 4. The highest BCUT2D eigenvalue weighted by atomic mass is 19.1. The molecule has 0 bridgehead atoms. The number of amides is 3. The number of rotatable bonds is 6. The highest BCUT2D eigenvalue weighted by Crippen LogP contribution is 2.39. The van der Waals surface area contributed by atoms with Crippen molar-refractivity contribution in [2.24, 2.45) is 0 Å². The summed E-state index contributed by atoms with van der Waals surface area (Å²) in [7, 11) is 1.70. The number of anilines is 4. The van der Waals surface area contributed by atoms with Crippen molar-refractivity contribution in [2.75, 3.05) is 22.6 Å². The average Bonchev–Trinajstić information content (AvgIpc) is 3.34. The lowest BCUT2D eigenvalue weighted by atomic mass is 9.97. The Bertz CT molecular complexity index is 1980. The molecule has 0 aliphatic carbocycles. The van der Waals surface area contributed by atoms with Gasteiger partial charge in [-0.3, -0.25) is 15.0 Å². The topological polar surface area (TPSA) is 170 Å². The third-order valence-corrected chi connectivity index (χ3v) is 8.28. The second-order valence-electron chi connectivity index (χ2n) is 14.6. The minimum Gasteiger partial charge on any atom is -0.464 e. The van der Waals surface area contributed by atoms with Crippen molar-refractivity contribution in [1.82, 2.24) is 19.7 Å². The van der Waals surface area contributed by atoms with E-state index >= 15 is 4.39 Å². The monoisotopic (exact) mass is 705 g/mol. The maximum Gasteiger partial charge on any atom is 0.424 e. The Hall–Kier alpha value is -5.31. The van der Waals surface area contributed by atoms with E-state index in [-0.39, 0.29) is 45.5 Å². The molecule has 3 amide bonds. The van der Waals surface area contributed by atoms with Crippen molar-refractivity contribution in [2.45, 2.75) is 98.0 Å². The molecule has 272 valence electrons. The van der Waals surface area contributed by atoms with Gasteiger partial charge in [0.2, 0.25) is 0 Å². The van der Waals surface area contributed by atoms with Crippen LogP contribution in [0.3, 0.4) is 0 Å². The van der Waals surface area contributed by atoms with Crippen LogP contribution in [-0.4, -0.2) is 67.6 Å². The van der Waals surface area contributed by atoms with Crippen molar-refractivity contribution in [1.29, 1.82) is 0 Å². The Kier molecular flexibility index (Phi) is 10.2. The van der Waals surface area contributed by atoms with E-state index < -0.39 is 35.3 Å². The molecule has 0 fully saturated rings. The summed E-state index contributed by atoms with van der Waals surface area (Å²) in [6.07, 6.45) is 2.25. The third kappa shape index (κ3) is 8.36. The van der Waals surface area contributed by atoms with Crippen LogP contribution in [0.25, 0.3) is 21.9 Å². The highest BCUT2D eigenvalue weighted by Gasteiger charge is 2.32. The molecule has 2 unspecified atom stereocenters. The quantitative estimate of drug-likeness (QED) is 0.176. The molecule has 0 spiro atoms.